The third kappa shape index (κ3) is 3.86. The number of aliphatic carboxylic acids is 1. The Labute approximate surface area is 112 Å². The Morgan fingerprint density at radius 1 is 1.37 bits per heavy atom. The molecule has 1 unspecified atom stereocenters. The summed E-state index contributed by atoms with van der Waals surface area (Å²) in [6.45, 7) is 3.86. The average Bonchev–Trinajstić information content (AvgIpc) is 2.38. The van der Waals surface area contributed by atoms with Crippen LogP contribution in [0.4, 0.5) is 0 Å². The zero-order valence-corrected chi connectivity index (χ0v) is 11.0. The fraction of sp³-hybridized carbons (Fsp3) is 0.500. The van der Waals surface area contributed by atoms with Crippen LogP contribution in [0.1, 0.15) is 18.9 Å². The Hall–Kier alpha value is -1.75. The first-order chi connectivity index (χ1) is 9.19. The van der Waals surface area contributed by atoms with Crippen LogP contribution in [0.15, 0.2) is 18.2 Å². The molecule has 1 aromatic carbocycles. The fourth-order valence-electron chi connectivity index (χ4n) is 2.22. The molecule has 0 spiro atoms. The quantitative estimate of drug-likeness (QED) is 0.815. The SMILES string of the molecule is CCNC(CC(=O)O)Cc1ccc2c(c1)OCCO2. The second-order valence-corrected chi connectivity index (χ2v) is 4.53. The van der Waals surface area contributed by atoms with Gasteiger partial charge in [-0.15, -0.1) is 0 Å². The van der Waals surface area contributed by atoms with Crippen LogP contribution in [0.25, 0.3) is 0 Å². The molecule has 2 N–H and O–H groups in total. The molecule has 104 valence electrons. The lowest BCUT2D eigenvalue weighted by Gasteiger charge is -2.20. The van der Waals surface area contributed by atoms with Crippen molar-refractivity contribution in [1.29, 1.82) is 0 Å². The Balaban J connectivity index is 2.05. The van der Waals surface area contributed by atoms with E-state index in [0.29, 0.717) is 19.6 Å². The van der Waals surface area contributed by atoms with Crippen LogP contribution in [-0.2, 0) is 11.2 Å². The molecule has 0 saturated heterocycles. The molecule has 1 aliphatic rings. The highest BCUT2D eigenvalue weighted by Gasteiger charge is 2.16. The molecule has 0 amide bonds. The molecule has 19 heavy (non-hydrogen) atoms. The number of carboxylic acid groups (broad SMARTS) is 1. The zero-order chi connectivity index (χ0) is 13.7. The minimum absolute atomic E-state index is 0.0648. The van der Waals surface area contributed by atoms with E-state index < -0.39 is 5.97 Å². The van der Waals surface area contributed by atoms with Crippen LogP contribution in [-0.4, -0.2) is 36.9 Å². The van der Waals surface area contributed by atoms with Gasteiger partial charge in [0.05, 0.1) is 6.42 Å². The van der Waals surface area contributed by atoms with Crippen molar-refractivity contribution in [3.63, 3.8) is 0 Å². The number of hydrogen-bond acceptors (Lipinski definition) is 4. The van der Waals surface area contributed by atoms with E-state index in [2.05, 4.69) is 5.32 Å². The highest BCUT2D eigenvalue weighted by molar-refractivity contribution is 5.67. The van der Waals surface area contributed by atoms with Gasteiger partial charge in [-0.1, -0.05) is 13.0 Å². The van der Waals surface area contributed by atoms with Gasteiger partial charge in [0.1, 0.15) is 13.2 Å². The van der Waals surface area contributed by atoms with Crippen molar-refractivity contribution in [1.82, 2.24) is 5.32 Å². The van der Waals surface area contributed by atoms with E-state index in [0.717, 1.165) is 23.6 Å². The van der Waals surface area contributed by atoms with Gasteiger partial charge in [0.25, 0.3) is 0 Å². The molecular formula is C14H19NO4. The van der Waals surface area contributed by atoms with E-state index in [-0.39, 0.29) is 12.5 Å². The van der Waals surface area contributed by atoms with Gasteiger partial charge >= 0.3 is 5.97 Å². The van der Waals surface area contributed by atoms with Crippen LogP contribution < -0.4 is 14.8 Å². The number of nitrogens with one attached hydrogen (secondary N) is 1. The first-order valence-corrected chi connectivity index (χ1v) is 6.52. The second kappa shape index (κ2) is 6.43. The average molecular weight is 265 g/mol. The van der Waals surface area contributed by atoms with Crippen molar-refractivity contribution >= 4 is 5.97 Å². The number of likely N-dealkylation sites (N-methyl/N-ethyl adjacent to an activating group) is 1. The minimum atomic E-state index is -0.788. The molecule has 0 saturated carbocycles. The fourth-order valence-corrected chi connectivity index (χ4v) is 2.22. The zero-order valence-electron chi connectivity index (χ0n) is 11.0. The number of ether oxygens (including phenoxy) is 2. The second-order valence-electron chi connectivity index (χ2n) is 4.53. The molecule has 5 heteroatoms. The van der Waals surface area contributed by atoms with E-state index in [1.165, 1.54) is 0 Å². The Kier molecular flexibility index (Phi) is 4.63. The van der Waals surface area contributed by atoms with Crippen LogP contribution in [0.3, 0.4) is 0 Å². The minimum Gasteiger partial charge on any atom is -0.486 e. The summed E-state index contributed by atoms with van der Waals surface area (Å²) >= 11 is 0. The maximum Gasteiger partial charge on any atom is 0.304 e. The van der Waals surface area contributed by atoms with Gasteiger partial charge in [-0.05, 0) is 30.7 Å². The third-order valence-corrected chi connectivity index (χ3v) is 3.00. The molecule has 1 aromatic rings. The summed E-state index contributed by atoms with van der Waals surface area (Å²) < 4.78 is 11.0. The lowest BCUT2D eigenvalue weighted by Crippen LogP contribution is -2.33. The van der Waals surface area contributed by atoms with E-state index in [1.54, 1.807) is 0 Å². The molecule has 2 rings (SSSR count). The molecule has 0 aliphatic carbocycles. The number of carboxylic acids is 1. The number of benzene rings is 1. The molecule has 1 heterocycles. The largest absolute Gasteiger partial charge is 0.486 e. The molecule has 1 aliphatic heterocycles. The van der Waals surface area contributed by atoms with E-state index >= 15 is 0 Å². The lowest BCUT2D eigenvalue weighted by molar-refractivity contribution is -0.137. The van der Waals surface area contributed by atoms with Gasteiger partial charge < -0.3 is 19.9 Å². The van der Waals surface area contributed by atoms with Gasteiger partial charge in [0.15, 0.2) is 11.5 Å². The van der Waals surface area contributed by atoms with Crippen LogP contribution in [0.2, 0.25) is 0 Å². The monoisotopic (exact) mass is 265 g/mol. The van der Waals surface area contributed by atoms with Crippen molar-refractivity contribution in [2.24, 2.45) is 0 Å². The molecule has 0 aromatic heterocycles. The number of hydrogen-bond donors (Lipinski definition) is 2. The van der Waals surface area contributed by atoms with Gasteiger partial charge in [-0.25, -0.2) is 0 Å². The molecule has 1 atom stereocenters. The van der Waals surface area contributed by atoms with Crippen LogP contribution in [0.5, 0.6) is 11.5 Å². The van der Waals surface area contributed by atoms with Crippen molar-refractivity contribution in [3.8, 4) is 11.5 Å². The normalized spacial score (nSPS) is 15.0. The molecule has 0 radical (unpaired) electrons. The van der Waals surface area contributed by atoms with Crippen LogP contribution >= 0.6 is 0 Å². The van der Waals surface area contributed by atoms with Gasteiger partial charge in [-0.2, -0.15) is 0 Å². The summed E-state index contributed by atoms with van der Waals surface area (Å²) in [5.74, 6) is 0.714. The topological polar surface area (TPSA) is 67.8 Å². The maximum absolute atomic E-state index is 10.8. The molecule has 0 fully saturated rings. The van der Waals surface area contributed by atoms with Gasteiger partial charge in [-0.3, -0.25) is 4.79 Å². The summed E-state index contributed by atoms with van der Waals surface area (Å²) in [6, 6.07) is 5.71. The summed E-state index contributed by atoms with van der Waals surface area (Å²) in [4.78, 5) is 10.8. The van der Waals surface area contributed by atoms with Gasteiger partial charge in [0, 0.05) is 6.04 Å². The first kappa shape index (κ1) is 13.7. The summed E-state index contributed by atoms with van der Waals surface area (Å²) in [7, 11) is 0. The van der Waals surface area contributed by atoms with E-state index in [4.69, 9.17) is 14.6 Å². The summed E-state index contributed by atoms with van der Waals surface area (Å²) in [5.41, 5.74) is 1.05. The van der Waals surface area contributed by atoms with Crippen LogP contribution in [0, 0.1) is 0 Å². The first-order valence-electron chi connectivity index (χ1n) is 6.52. The highest BCUT2D eigenvalue weighted by Crippen LogP contribution is 2.31. The summed E-state index contributed by atoms with van der Waals surface area (Å²) in [5, 5.41) is 12.1. The smallest absolute Gasteiger partial charge is 0.304 e. The van der Waals surface area contributed by atoms with Crippen molar-refractivity contribution in [2.45, 2.75) is 25.8 Å². The van der Waals surface area contributed by atoms with Gasteiger partial charge in [0.2, 0.25) is 0 Å². The number of carbonyl (C=O) groups is 1. The number of rotatable bonds is 6. The molecule has 5 nitrogen and oxygen atoms in total. The van der Waals surface area contributed by atoms with E-state index in [9.17, 15) is 4.79 Å². The predicted octanol–water partition coefficient (Wildman–Crippen LogP) is 1.45. The third-order valence-electron chi connectivity index (χ3n) is 3.00. The van der Waals surface area contributed by atoms with E-state index in [1.807, 2.05) is 25.1 Å². The van der Waals surface area contributed by atoms with Crippen molar-refractivity contribution < 1.29 is 19.4 Å². The Bertz CT molecular complexity index is 447. The Morgan fingerprint density at radius 2 is 2.11 bits per heavy atom. The standard InChI is InChI=1S/C14H19NO4/c1-2-15-11(9-14(16)17)7-10-3-4-12-13(8-10)19-6-5-18-12/h3-4,8,11,15H,2,5-7,9H2,1H3,(H,16,17). The highest BCUT2D eigenvalue weighted by atomic mass is 16.6. The number of fused-ring (bicyclic) bond motifs is 1. The van der Waals surface area contributed by atoms with Crippen molar-refractivity contribution in [2.75, 3.05) is 19.8 Å². The predicted molar refractivity (Wildman–Crippen MR) is 70.9 cm³/mol. The Morgan fingerprint density at radius 3 is 2.79 bits per heavy atom. The van der Waals surface area contributed by atoms with Crippen molar-refractivity contribution in [3.05, 3.63) is 23.8 Å². The summed E-state index contributed by atoms with van der Waals surface area (Å²) in [6.07, 6.45) is 0.777. The molecule has 0 bridgehead atoms. The maximum atomic E-state index is 10.8. The lowest BCUT2D eigenvalue weighted by atomic mass is 10.0. The molecular weight excluding hydrogens is 246 g/mol.